The topological polar surface area (TPSA) is 41.6 Å². The highest BCUT2D eigenvalue weighted by Gasteiger charge is 2.08. The van der Waals surface area contributed by atoms with Crippen LogP contribution >= 0.6 is 12.4 Å². The van der Waals surface area contributed by atoms with E-state index in [1.54, 1.807) is 4.90 Å². The fourth-order valence-electron chi connectivity index (χ4n) is 1.58. The number of hydrogen-bond acceptors (Lipinski definition) is 3. The predicted molar refractivity (Wildman–Crippen MR) is 80.1 cm³/mol. The molecule has 0 spiro atoms. The molecule has 0 bridgehead atoms. The third-order valence-electron chi connectivity index (χ3n) is 2.71. The molecule has 0 aliphatic rings. The first kappa shape index (κ1) is 17.7. The zero-order chi connectivity index (χ0) is 13.4. The highest BCUT2D eigenvalue weighted by molar-refractivity contribution is 5.85. The molecule has 0 heterocycles. The van der Waals surface area contributed by atoms with Crippen LogP contribution in [0.5, 0.6) is 5.75 Å². The molecule has 19 heavy (non-hydrogen) atoms. The number of ether oxygens (including phenoxy) is 1. The van der Waals surface area contributed by atoms with E-state index in [2.05, 4.69) is 5.32 Å². The van der Waals surface area contributed by atoms with E-state index in [9.17, 15) is 4.79 Å². The molecule has 0 saturated carbocycles. The number of benzene rings is 1. The van der Waals surface area contributed by atoms with Crippen molar-refractivity contribution in [2.45, 2.75) is 13.3 Å². The molecular weight excluding hydrogens is 264 g/mol. The summed E-state index contributed by atoms with van der Waals surface area (Å²) in [6.07, 6.45) is 0.437. The van der Waals surface area contributed by atoms with Crippen molar-refractivity contribution in [1.29, 1.82) is 0 Å². The van der Waals surface area contributed by atoms with Crippen LogP contribution in [0, 0.1) is 0 Å². The van der Waals surface area contributed by atoms with Gasteiger partial charge in [-0.3, -0.25) is 4.79 Å². The Kier molecular flexibility index (Phi) is 9.00. The molecule has 5 heteroatoms. The summed E-state index contributed by atoms with van der Waals surface area (Å²) in [6.45, 7) is 4.15. The van der Waals surface area contributed by atoms with Crippen molar-refractivity contribution >= 4 is 18.3 Å². The summed E-state index contributed by atoms with van der Waals surface area (Å²) in [5, 5.41) is 3.03. The van der Waals surface area contributed by atoms with Crippen LogP contribution in [-0.4, -0.2) is 44.6 Å². The monoisotopic (exact) mass is 286 g/mol. The Bertz CT molecular complexity index is 368. The average Bonchev–Trinajstić information content (AvgIpc) is 2.38. The molecular formula is C14H23ClN2O2. The number of likely N-dealkylation sites (N-methyl/N-ethyl adjacent to an activating group) is 2. The third-order valence-corrected chi connectivity index (χ3v) is 2.71. The van der Waals surface area contributed by atoms with E-state index in [4.69, 9.17) is 4.74 Å². The van der Waals surface area contributed by atoms with E-state index in [1.807, 2.05) is 45.3 Å². The molecule has 1 rings (SSSR count). The van der Waals surface area contributed by atoms with Crippen LogP contribution in [0.1, 0.15) is 12.5 Å². The normalized spacial score (nSPS) is 9.63. The lowest BCUT2D eigenvalue weighted by Gasteiger charge is -2.16. The first-order valence-corrected chi connectivity index (χ1v) is 6.27. The molecule has 0 saturated heterocycles. The van der Waals surface area contributed by atoms with Crippen molar-refractivity contribution < 1.29 is 9.53 Å². The maximum Gasteiger partial charge on any atom is 0.226 e. The minimum Gasteiger partial charge on any atom is -0.494 e. The van der Waals surface area contributed by atoms with Gasteiger partial charge in [-0.25, -0.2) is 0 Å². The van der Waals surface area contributed by atoms with Gasteiger partial charge >= 0.3 is 0 Å². The summed E-state index contributed by atoms with van der Waals surface area (Å²) in [7, 11) is 3.71. The quantitative estimate of drug-likeness (QED) is 0.830. The molecule has 0 aliphatic heterocycles. The molecule has 0 fully saturated rings. The largest absolute Gasteiger partial charge is 0.494 e. The van der Waals surface area contributed by atoms with Gasteiger partial charge in [0.25, 0.3) is 0 Å². The van der Waals surface area contributed by atoms with Crippen LogP contribution in [0.2, 0.25) is 0 Å². The Balaban J connectivity index is 0.00000324. The van der Waals surface area contributed by atoms with Crippen molar-refractivity contribution in [1.82, 2.24) is 10.2 Å². The molecule has 0 aromatic heterocycles. The highest BCUT2D eigenvalue weighted by Crippen LogP contribution is 2.12. The number of halogens is 1. The number of carbonyl (C=O) groups excluding carboxylic acids is 1. The summed E-state index contributed by atoms with van der Waals surface area (Å²) < 4.78 is 5.36. The second-order valence-electron chi connectivity index (χ2n) is 4.17. The molecule has 108 valence electrons. The van der Waals surface area contributed by atoms with Gasteiger partial charge in [0.05, 0.1) is 13.0 Å². The van der Waals surface area contributed by atoms with Gasteiger partial charge in [-0.05, 0) is 31.7 Å². The number of hydrogen-bond donors (Lipinski definition) is 1. The minimum absolute atomic E-state index is 0. The van der Waals surface area contributed by atoms with Gasteiger partial charge < -0.3 is 15.0 Å². The third kappa shape index (κ3) is 6.45. The number of rotatable bonds is 7. The van der Waals surface area contributed by atoms with Gasteiger partial charge in [0.1, 0.15) is 5.75 Å². The molecule has 1 N–H and O–H groups in total. The lowest BCUT2D eigenvalue weighted by atomic mass is 10.1. The van der Waals surface area contributed by atoms with Gasteiger partial charge in [-0.15, -0.1) is 12.4 Å². The maximum atomic E-state index is 11.9. The fraction of sp³-hybridized carbons (Fsp3) is 0.500. The number of amides is 1. The van der Waals surface area contributed by atoms with Crippen molar-refractivity contribution in [2.75, 3.05) is 33.8 Å². The number of nitrogens with one attached hydrogen (secondary N) is 1. The number of nitrogens with zero attached hydrogens (tertiary/aromatic N) is 1. The molecule has 0 aliphatic carbocycles. The van der Waals surface area contributed by atoms with Crippen LogP contribution in [-0.2, 0) is 11.2 Å². The van der Waals surface area contributed by atoms with E-state index in [0.29, 0.717) is 13.0 Å². The van der Waals surface area contributed by atoms with Crippen LogP contribution in [0.3, 0.4) is 0 Å². The number of carbonyl (C=O) groups is 1. The zero-order valence-corrected chi connectivity index (χ0v) is 12.6. The Morgan fingerprint density at radius 2 is 1.95 bits per heavy atom. The molecule has 0 unspecified atom stereocenters. The van der Waals surface area contributed by atoms with E-state index >= 15 is 0 Å². The average molecular weight is 287 g/mol. The van der Waals surface area contributed by atoms with Gasteiger partial charge in [0.15, 0.2) is 0 Å². The Labute approximate surface area is 121 Å². The van der Waals surface area contributed by atoms with Crippen LogP contribution < -0.4 is 10.1 Å². The van der Waals surface area contributed by atoms with Gasteiger partial charge in [0, 0.05) is 20.1 Å². The van der Waals surface area contributed by atoms with E-state index in [0.717, 1.165) is 24.4 Å². The first-order chi connectivity index (χ1) is 8.67. The van der Waals surface area contributed by atoms with E-state index < -0.39 is 0 Å². The first-order valence-electron chi connectivity index (χ1n) is 6.27. The lowest BCUT2D eigenvalue weighted by Crippen LogP contribution is -2.33. The SMILES string of the molecule is CCOc1ccc(CC(=O)N(C)CCNC)cc1.Cl. The summed E-state index contributed by atoms with van der Waals surface area (Å²) in [5.74, 6) is 0.978. The standard InChI is InChI=1S/C14H22N2O2.ClH/c1-4-18-13-7-5-12(6-8-13)11-14(17)16(3)10-9-15-2;/h5-8,15H,4,9-11H2,1-3H3;1H. The lowest BCUT2D eigenvalue weighted by molar-refractivity contribution is -0.129. The molecule has 0 atom stereocenters. The predicted octanol–water partition coefficient (Wildman–Crippen LogP) is 1.73. The van der Waals surface area contributed by atoms with Crippen molar-refractivity contribution in [3.8, 4) is 5.75 Å². The second-order valence-corrected chi connectivity index (χ2v) is 4.17. The molecule has 1 aromatic rings. The van der Waals surface area contributed by atoms with E-state index in [-0.39, 0.29) is 18.3 Å². The second kappa shape index (κ2) is 9.64. The van der Waals surface area contributed by atoms with Gasteiger partial charge in [-0.2, -0.15) is 0 Å². The van der Waals surface area contributed by atoms with Crippen LogP contribution in [0.4, 0.5) is 0 Å². The highest BCUT2D eigenvalue weighted by atomic mass is 35.5. The summed E-state index contributed by atoms with van der Waals surface area (Å²) in [6, 6.07) is 7.68. The fourth-order valence-corrected chi connectivity index (χ4v) is 1.58. The van der Waals surface area contributed by atoms with Crippen molar-refractivity contribution in [2.24, 2.45) is 0 Å². The molecule has 1 amide bonds. The Hall–Kier alpha value is -1.26. The minimum atomic E-state index is 0. The molecule has 0 radical (unpaired) electrons. The van der Waals surface area contributed by atoms with Gasteiger partial charge in [0.2, 0.25) is 5.91 Å². The smallest absolute Gasteiger partial charge is 0.226 e. The molecule has 1 aromatic carbocycles. The maximum absolute atomic E-state index is 11.9. The van der Waals surface area contributed by atoms with Crippen molar-refractivity contribution in [3.05, 3.63) is 29.8 Å². The molecule has 4 nitrogen and oxygen atoms in total. The van der Waals surface area contributed by atoms with Crippen molar-refractivity contribution in [3.63, 3.8) is 0 Å². The zero-order valence-electron chi connectivity index (χ0n) is 11.8. The van der Waals surface area contributed by atoms with Crippen LogP contribution in [0.15, 0.2) is 24.3 Å². The summed E-state index contributed by atoms with van der Waals surface area (Å²) >= 11 is 0. The Morgan fingerprint density at radius 1 is 1.32 bits per heavy atom. The van der Waals surface area contributed by atoms with E-state index in [1.165, 1.54) is 0 Å². The van der Waals surface area contributed by atoms with Crippen LogP contribution in [0.25, 0.3) is 0 Å². The Morgan fingerprint density at radius 3 is 2.47 bits per heavy atom. The summed E-state index contributed by atoms with van der Waals surface area (Å²) in [4.78, 5) is 13.6. The van der Waals surface area contributed by atoms with Gasteiger partial charge in [-0.1, -0.05) is 12.1 Å². The summed E-state index contributed by atoms with van der Waals surface area (Å²) in [5.41, 5.74) is 1.01.